The van der Waals surface area contributed by atoms with Crippen molar-refractivity contribution in [2.24, 2.45) is 5.92 Å². The zero-order valence-electron chi connectivity index (χ0n) is 9.97. The lowest BCUT2D eigenvalue weighted by atomic mass is 10.1. The van der Waals surface area contributed by atoms with E-state index >= 15 is 0 Å². The molecule has 0 radical (unpaired) electrons. The zero-order chi connectivity index (χ0) is 13.3. The molecule has 0 aliphatic carbocycles. The van der Waals surface area contributed by atoms with E-state index in [9.17, 15) is 15.0 Å². The van der Waals surface area contributed by atoms with Crippen LogP contribution in [0.4, 0.5) is 5.69 Å². The maximum absolute atomic E-state index is 12.2. The third-order valence-electron chi connectivity index (χ3n) is 3.24. The monoisotopic (exact) mass is 248 g/mol. The molecule has 4 N–H and O–H groups in total. The molecule has 1 saturated heterocycles. The highest BCUT2D eigenvalue weighted by Crippen LogP contribution is 2.28. The van der Waals surface area contributed by atoms with E-state index in [2.05, 4.69) is 6.58 Å². The average Bonchev–Trinajstić information content (AvgIpc) is 2.81. The highest BCUT2D eigenvalue weighted by atomic mass is 16.3. The fourth-order valence-corrected chi connectivity index (χ4v) is 2.12. The number of phenolic OH excluding ortho intramolecular Hbond substituents is 1. The number of aliphatic hydroxyl groups excluding tert-OH is 1. The second-order valence-electron chi connectivity index (χ2n) is 4.47. The lowest BCUT2D eigenvalue weighted by molar-refractivity contribution is 0.0784. The Morgan fingerprint density at radius 1 is 1.50 bits per heavy atom. The fraction of sp³-hybridized carbons (Fsp3) is 0.308. The first-order valence-corrected chi connectivity index (χ1v) is 5.75. The van der Waals surface area contributed by atoms with Gasteiger partial charge in [-0.3, -0.25) is 4.79 Å². The smallest absolute Gasteiger partial charge is 0.257 e. The summed E-state index contributed by atoms with van der Waals surface area (Å²) in [5.74, 6) is -0.448. The molecule has 0 spiro atoms. The van der Waals surface area contributed by atoms with Gasteiger partial charge in [-0.2, -0.15) is 0 Å². The Bertz CT molecular complexity index is 499. The van der Waals surface area contributed by atoms with Gasteiger partial charge in [-0.1, -0.05) is 12.6 Å². The summed E-state index contributed by atoms with van der Waals surface area (Å²) in [4.78, 5) is 13.8. The molecule has 1 aliphatic rings. The number of benzene rings is 1. The van der Waals surface area contributed by atoms with Crippen LogP contribution in [0.1, 0.15) is 16.8 Å². The van der Waals surface area contributed by atoms with Gasteiger partial charge in [0.05, 0.1) is 17.0 Å². The molecule has 2 rings (SSSR count). The molecule has 0 bridgehead atoms. The molecule has 0 unspecified atom stereocenters. The molecule has 0 saturated carbocycles. The normalized spacial score (nSPS) is 18.9. The summed E-state index contributed by atoms with van der Waals surface area (Å²) < 4.78 is 0. The summed E-state index contributed by atoms with van der Waals surface area (Å²) in [5.41, 5.74) is 5.93. The first-order valence-electron chi connectivity index (χ1n) is 5.75. The standard InChI is InChI=1S/C13H16N2O3/c1-8(16)9-5-6-15(7-9)13(18)10-3-2-4-11(14)12(10)17/h2-4,9,16-17H,1,5-7,14H2/t9-/m0/s1. The van der Waals surface area contributed by atoms with Crippen molar-refractivity contribution < 1.29 is 15.0 Å². The summed E-state index contributed by atoms with van der Waals surface area (Å²) >= 11 is 0. The molecule has 5 heteroatoms. The van der Waals surface area contributed by atoms with Crippen molar-refractivity contribution in [3.63, 3.8) is 0 Å². The molecule has 1 heterocycles. The maximum atomic E-state index is 12.2. The topological polar surface area (TPSA) is 86.8 Å². The number of amides is 1. The molecule has 96 valence electrons. The Hall–Kier alpha value is -2.17. The van der Waals surface area contributed by atoms with Crippen molar-refractivity contribution in [3.8, 4) is 5.75 Å². The van der Waals surface area contributed by atoms with E-state index in [-0.39, 0.29) is 34.6 Å². The summed E-state index contributed by atoms with van der Waals surface area (Å²) in [5, 5.41) is 19.1. The van der Waals surface area contributed by atoms with Gasteiger partial charge in [0.25, 0.3) is 5.91 Å². The number of anilines is 1. The second-order valence-corrected chi connectivity index (χ2v) is 4.47. The Kier molecular flexibility index (Phi) is 3.14. The van der Waals surface area contributed by atoms with Crippen molar-refractivity contribution in [2.45, 2.75) is 6.42 Å². The van der Waals surface area contributed by atoms with Crippen LogP contribution in [-0.4, -0.2) is 34.1 Å². The van der Waals surface area contributed by atoms with E-state index in [4.69, 9.17) is 5.73 Å². The van der Waals surface area contributed by atoms with Crippen LogP contribution >= 0.6 is 0 Å². The highest BCUT2D eigenvalue weighted by Gasteiger charge is 2.29. The molecular weight excluding hydrogens is 232 g/mol. The van der Waals surface area contributed by atoms with Crippen LogP contribution in [0, 0.1) is 5.92 Å². The Balaban J connectivity index is 2.18. The molecule has 1 aromatic rings. The van der Waals surface area contributed by atoms with E-state index < -0.39 is 0 Å². The van der Waals surface area contributed by atoms with Crippen LogP contribution < -0.4 is 5.73 Å². The third kappa shape index (κ3) is 2.11. The minimum atomic E-state index is -0.274. The molecule has 1 amide bonds. The zero-order valence-corrected chi connectivity index (χ0v) is 9.97. The van der Waals surface area contributed by atoms with Crippen LogP contribution in [0.15, 0.2) is 30.5 Å². The van der Waals surface area contributed by atoms with Gasteiger partial charge in [-0.25, -0.2) is 0 Å². The molecule has 1 aliphatic heterocycles. The number of nitrogens with two attached hydrogens (primary N) is 1. The number of hydrogen-bond acceptors (Lipinski definition) is 4. The number of nitrogens with zero attached hydrogens (tertiary/aromatic N) is 1. The minimum absolute atomic E-state index is 0.0860. The summed E-state index contributed by atoms with van der Waals surface area (Å²) in [6, 6.07) is 4.70. The van der Waals surface area contributed by atoms with Gasteiger partial charge < -0.3 is 20.8 Å². The van der Waals surface area contributed by atoms with Crippen LogP contribution in [0.5, 0.6) is 5.75 Å². The van der Waals surface area contributed by atoms with Gasteiger partial charge in [0.1, 0.15) is 0 Å². The lowest BCUT2D eigenvalue weighted by Crippen LogP contribution is -2.29. The number of nitrogen functional groups attached to an aromatic ring is 1. The third-order valence-corrected chi connectivity index (χ3v) is 3.24. The largest absolute Gasteiger partial charge is 0.513 e. The number of rotatable bonds is 2. The van der Waals surface area contributed by atoms with Crippen LogP contribution in [-0.2, 0) is 0 Å². The van der Waals surface area contributed by atoms with Crippen molar-refractivity contribution in [1.82, 2.24) is 4.90 Å². The fourth-order valence-electron chi connectivity index (χ4n) is 2.12. The van der Waals surface area contributed by atoms with E-state index in [0.29, 0.717) is 19.5 Å². The summed E-state index contributed by atoms with van der Waals surface area (Å²) in [7, 11) is 0. The molecule has 18 heavy (non-hydrogen) atoms. The predicted molar refractivity (Wildman–Crippen MR) is 68.3 cm³/mol. The Morgan fingerprint density at radius 2 is 2.22 bits per heavy atom. The first kappa shape index (κ1) is 12.3. The summed E-state index contributed by atoms with van der Waals surface area (Å²) in [6.45, 7) is 4.44. The maximum Gasteiger partial charge on any atom is 0.257 e. The van der Waals surface area contributed by atoms with Crippen LogP contribution in [0.25, 0.3) is 0 Å². The Morgan fingerprint density at radius 3 is 2.83 bits per heavy atom. The van der Waals surface area contributed by atoms with Crippen LogP contribution in [0.2, 0.25) is 0 Å². The molecule has 5 nitrogen and oxygen atoms in total. The van der Waals surface area contributed by atoms with Gasteiger partial charge in [0.2, 0.25) is 0 Å². The van der Waals surface area contributed by atoms with Crippen molar-refractivity contribution in [3.05, 3.63) is 36.1 Å². The number of aromatic hydroxyl groups is 1. The average molecular weight is 248 g/mol. The number of para-hydroxylation sites is 1. The molecule has 1 aromatic carbocycles. The number of hydrogen-bond donors (Lipinski definition) is 3. The van der Waals surface area contributed by atoms with Crippen molar-refractivity contribution >= 4 is 11.6 Å². The van der Waals surface area contributed by atoms with E-state index in [1.807, 2.05) is 0 Å². The van der Waals surface area contributed by atoms with E-state index in [1.165, 1.54) is 12.1 Å². The second kappa shape index (κ2) is 4.60. The Labute approximate surface area is 105 Å². The highest BCUT2D eigenvalue weighted by molar-refractivity contribution is 5.98. The number of aliphatic hydroxyl groups is 1. The molecule has 0 aromatic heterocycles. The number of carbonyl (C=O) groups excluding carboxylic acids is 1. The summed E-state index contributed by atoms with van der Waals surface area (Å²) in [6.07, 6.45) is 0.685. The number of phenols is 1. The predicted octanol–water partition coefficient (Wildman–Crippen LogP) is 1.51. The molecule has 1 atom stereocenters. The van der Waals surface area contributed by atoms with Gasteiger partial charge in [0, 0.05) is 19.0 Å². The van der Waals surface area contributed by atoms with Gasteiger partial charge in [-0.15, -0.1) is 0 Å². The van der Waals surface area contributed by atoms with Gasteiger partial charge in [0.15, 0.2) is 5.75 Å². The van der Waals surface area contributed by atoms with Gasteiger partial charge in [-0.05, 0) is 18.6 Å². The molecule has 1 fully saturated rings. The minimum Gasteiger partial charge on any atom is -0.513 e. The van der Waals surface area contributed by atoms with Crippen molar-refractivity contribution in [2.75, 3.05) is 18.8 Å². The number of likely N-dealkylation sites (tertiary alicyclic amines) is 1. The van der Waals surface area contributed by atoms with Gasteiger partial charge >= 0.3 is 0 Å². The van der Waals surface area contributed by atoms with E-state index in [1.54, 1.807) is 11.0 Å². The SMILES string of the molecule is C=C(O)[C@H]1CCN(C(=O)c2cccc(N)c2O)C1. The van der Waals surface area contributed by atoms with Crippen molar-refractivity contribution in [1.29, 1.82) is 0 Å². The lowest BCUT2D eigenvalue weighted by Gasteiger charge is -2.17. The number of carbonyl (C=O) groups is 1. The first-order chi connectivity index (χ1) is 8.50. The van der Waals surface area contributed by atoms with Crippen LogP contribution in [0.3, 0.4) is 0 Å². The van der Waals surface area contributed by atoms with E-state index in [0.717, 1.165) is 0 Å². The quantitative estimate of drug-likeness (QED) is 0.420. The molecular formula is C13H16N2O3.